The first kappa shape index (κ1) is 14.3. The van der Waals surface area contributed by atoms with E-state index in [4.69, 9.17) is 5.73 Å². The molecule has 0 aliphatic heterocycles. The van der Waals surface area contributed by atoms with Gasteiger partial charge in [0.05, 0.1) is 6.10 Å². The first-order valence-corrected chi connectivity index (χ1v) is 5.26. The Morgan fingerprint density at radius 3 is 2.78 bits per heavy atom. The largest absolute Gasteiger partial charge is 0.448 e. The predicted octanol–water partition coefficient (Wildman–Crippen LogP) is 0.683. The molecule has 0 aromatic heterocycles. The Labute approximate surface area is 103 Å². The van der Waals surface area contributed by atoms with Crippen LogP contribution in [0.4, 0.5) is 13.6 Å². The number of aliphatic hydroxyl groups excluding tert-OH is 1. The third kappa shape index (κ3) is 4.64. The van der Waals surface area contributed by atoms with Crippen LogP contribution in [0.2, 0.25) is 0 Å². The van der Waals surface area contributed by atoms with Crippen molar-refractivity contribution >= 4 is 6.09 Å². The van der Waals surface area contributed by atoms with Crippen LogP contribution in [-0.2, 0) is 4.74 Å². The van der Waals surface area contributed by atoms with Crippen LogP contribution in [0.3, 0.4) is 0 Å². The molecule has 1 rings (SSSR count). The highest BCUT2D eigenvalue weighted by molar-refractivity contribution is 5.64. The number of aliphatic hydroxyl groups is 1. The lowest BCUT2D eigenvalue weighted by molar-refractivity contribution is 0.149. The minimum absolute atomic E-state index is 0.0693. The van der Waals surface area contributed by atoms with E-state index >= 15 is 0 Å². The van der Waals surface area contributed by atoms with Crippen LogP contribution in [0.1, 0.15) is 11.7 Å². The highest BCUT2D eigenvalue weighted by atomic mass is 19.2. The van der Waals surface area contributed by atoms with Crippen LogP contribution in [0, 0.1) is 11.6 Å². The third-order valence-electron chi connectivity index (χ3n) is 2.19. The molecule has 0 saturated heterocycles. The van der Waals surface area contributed by atoms with Crippen molar-refractivity contribution in [3.05, 3.63) is 35.4 Å². The highest BCUT2D eigenvalue weighted by Crippen LogP contribution is 2.15. The zero-order valence-corrected chi connectivity index (χ0v) is 9.53. The highest BCUT2D eigenvalue weighted by Gasteiger charge is 2.10. The fourth-order valence-electron chi connectivity index (χ4n) is 1.30. The Bertz CT molecular complexity index is 415. The number of nitrogens with one attached hydrogen (secondary N) is 1. The molecule has 0 aliphatic rings. The topological polar surface area (TPSA) is 84.6 Å². The van der Waals surface area contributed by atoms with Gasteiger partial charge in [-0.05, 0) is 17.7 Å². The molecule has 18 heavy (non-hydrogen) atoms. The van der Waals surface area contributed by atoms with E-state index in [1.165, 1.54) is 6.07 Å². The van der Waals surface area contributed by atoms with E-state index < -0.39 is 23.8 Å². The smallest absolute Gasteiger partial charge is 0.404 e. The molecule has 1 amide bonds. The molecule has 1 unspecified atom stereocenters. The second kappa shape index (κ2) is 6.87. The second-order valence-electron chi connectivity index (χ2n) is 3.56. The Morgan fingerprint density at radius 2 is 2.17 bits per heavy atom. The van der Waals surface area contributed by atoms with Gasteiger partial charge in [-0.2, -0.15) is 0 Å². The number of amides is 1. The SMILES string of the molecule is NC(=O)OCCNCC(O)c1ccc(F)c(F)c1. The van der Waals surface area contributed by atoms with Gasteiger partial charge in [0.2, 0.25) is 0 Å². The van der Waals surface area contributed by atoms with E-state index in [9.17, 15) is 18.7 Å². The molecule has 0 heterocycles. The van der Waals surface area contributed by atoms with E-state index in [0.29, 0.717) is 6.54 Å². The number of benzene rings is 1. The van der Waals surface area contributed by atoms with Crippen molar-refractivity contribution in [2.45, 2.75) is 6.10 Å². The monoisotopic (exact) mass is 260 g/mol. The van der Waals surface area contributed by atoms with E-state index in [2.05, 4.69) is 10.1 Å². The fourth-order valence-corrected chi connectivity index (χ4v) is 1.30. The molecule has 0 saturated carbocycles. The Hall–Kier alpha value is -1.73. The lowest BCUT2D eigenvalue weighted by atomic mass is 10.1. The molecule has 0 bridgehead atoms. The van der Waals surface area contributed by atoms with Crippen LogP contribution >= 0.6 is 0 Å². The summed E-state index contributed by atoms with van der Waals surface area (Å²) in [5.41, 5.74) is 5.00. The summed E-state index contributed by atoms with van der Waals surface area (Å²) in [5, 5.41) is 12.4. The standard InChI is InChI=1S/C11H14F2N2O3/c12-8-2-1-7(5-9(8)13)10(16)6-15-3-4-18-11(14)17/h1-2,5,10,15-16H,3-4,6H2,(H2,14,17). The molecule has 0 spiro atoms. The average molecular weight is 260 g/mol. The van der Waals surface area contributed by atoms with Gasteiger partial charge in [-0.1, -0.05) is 6.07 Å². The number of carbonyl (C=O) groups is 1. The molecule has 1 aromatic carbocycles. The first-order valence-electron chi connectivity index (χ1n) is 5.26. The number of halogens is 2. The van der Waals surface area contributed by atoms with Gasteiger partial charge in [0.1, 0.15) is 6.61 Å². The zero-order chi connectivity index (χ0) is 13.5. The van der Waals surface area contributed by atoms with Crippen molar-refractivity contribution in [3.63, 3.8) is 0 Å². The fraction of sp³-hybridized carbons (Fsp3) is 0.364. The van der Waals surface area contributed by atoms with Gasteiger partial charge in [-0.15, -0.1) is 0 Å². The summed E-state index contributed by atoms with van der Waals surface area (Å²) in [6.07, 6.45) is -1.85. The maximum Gasteiger partial charge on any atom is 0.404 e. The minimum Gasteiger partial charge on any atom is -0.448 e. The molecule has 0 radical (unpaired) electrons. The Morgan fingerprint density at radius 1 is 1.44 bits per heavy atom. The van der Waals surface area contributed by atoms with Gasteiger partial charge in [0.25, 0.3) is 0 Å². The lowest BCUT2D eigenvalue weighted by Crippen LogP contribution is -2.27. The summed E-state index contributed by atoms with van der Waals surface area (Å²) in [4.78, 5) is 10.2. The van der Waals surface area contributed by atoms with Crippen LogP contribution in [0.5, 0.6) is 0 Å². The van der Waals surface area contributed by atoms with Crippen molar-refractivity contribution < 1.29 is 23.4 Å². The number of nitrogens with two attached hydrogens (primary N) is 1. The van der Waals surface area contributed by atoms with E-state index in [0.717, 1.165) is 12.1 Å². The molecule has 0 aliphatic carbocycles. The van der Waals surface area contributed by atoms with Crippen molar-refractivity contribution in [1.82, 2.24) is 5.32 Å². The second-order valence-corrected chi connectivity index (χ2v) is 3.56. The number of rotatable bonds is 6. The van der Waals surface area contributed by atoms with Crippen molar-refractivity contribution in [1.29, 1.82) is 0 Å². The van der Waals surface area contributed by atoms with Gasteiger partial charge in [0, 0.05) is 13.1 Å². The molecule has 1 aromatic rings. The number of ether oxygens (including phenoxy) is 1. The minimum atomic E-state index is -1.01. The molecule has 100 valence electrons. The summed E-state index contributed by atoms with van der Waals surface area (Å²) in [7, 11) is 0. The van der Waals surface area contributed by atoms with Gasteiger partial charge in [-0.25, -0.2) is 13.6 Å². The average Bonchev–Trinajstić information content (AvgIpc) is 2.31. The van der Waals surface area contributed by atoms with Crippen LogP contribution < -0.4 is 11.1 Å². The quantitative estimate of drug-likeness (QED) is 0.657. The van der Waals surface area contributed by atoms with Gasteiger partial charge in [0.15, 0.2) is 11.6 Å². The number of carbonyl (C=O) groups excluding carboxylic acids is 1. The van der Waals surface area contributed by atoms with Crippen LogP contribution in [-0.4, -0.2) is 30.9 Å². The number of primary amides is 1. The summed E-state index contributed by atoms with van der Waals surface area (Å²) in [5.74, 6) is -1.97. The predicted molar refractivity (Wildman–Crippen MR) is 59.7 cm³/mol. The summed E-state index contributed by atoms with van der Waals surface area (Å²) in [6.45, 7) is 0.483. The normalized spacial score (nSPS) is 12.2. The zero-order valence-electron chi connectivity index (χ0n) is 9.53. The number of hydrogen-bond donors (Lipinski definition) is 3. The molecule has 0 fully saturated rings. The molecule has 7 heteroatoms. The number of hydrogen-bond acceptors (Lipinski definition) is 4. The van der Waals surface area contributed by atoms with E-state index in [1.54, 1.807) is 0 Å². The van der Waals surface area contributed by atoms with Crippen LogP contribution in [0.15, 0.2) is 18.2 Å². The van der Waals surface area contributed by atoms with Crippen LogP contribution in [0.25, 0.3) is 0 Å². The van der Waals surface area contributed by atoms with Crippen molar-refractivity contribution in [2.24, 2.45) is 5.73 Å². The summed E-state index contributed by atoms with van der Waals surface area (Å²) in [6, 6.07) is 3.18. The molecule has 5 nitrogen and oxygen atoms in total. The third-order valence-corrected chi connectivity index (χ3v) is 2.19. The summed E-state index contributed by atoms with van der Waals surface area (Å²) < 4.78 is 30.0. The van der Waals surface area contributed by atoms with E-state index in [1.807, 2.05) is 0 Å². The van der Waals surface area contributed by atoms with Gasteiger partial charge < -0.3 is 20.9 Å². The Balaban J connectivity index is 2.34. The maximum absolute atomic E-state index is 12.9. The molecule has 1 atom stereocenters. The molecular formula is C11H14F2N2O3. The lowest BCUT2D eigenvalue weighted by Gasteiger charge is -2.12. The van der Waals surface area contributed by atoms with Gasteiger partial charge >= 0.3 is 6.09 Å². The van der Waals surface area contributed by atoms with Gasteiger partial charge in [-0.3, -0.25) is 0 Å². The van der Waals surface area contributed by atoms with E-state index in [-0.39, 0.29) is 18.7 Å². The van der Waals surface area contributed by atoms with Crippen molar-refractivity contribution in [2.75, 3.05) is 19.7 Å². The molecule has 4 N–H and O–H groups in total. The first-order chi connectivity index (χ1) is 8.50. The van der Waals surface area contributed by atoms with Crippen molar-refractivity contribution in [3.8, 4) is 0 Å². The molecular weight excluding hydrogens is 246 g/mol. The summed E-state index contributed by atoms with van der Waals surface area (Å²) >= 11 is 0. The Kier molecular flexibility index (Phi) is 5.47. The maximum atomic E-state index is 12.9.